The lowest BCUT2D eigenvalue weighted by molar-refractivity contribution is 0.607. The molecule has 0 rings (SSSR count). The van der Waals surface area contributed by atoms with Crippen molar-refractivity contribution >= 4 is 11.8 Å². The van der Waals surface area contributed by atoms with Crippen LogP contribution in [-0.4, -0.2) is 43.9 Å². The zero-order chi connectivity index (χ0) is 13.4. The number of aliphatic imine (C=N–C) groups is 2. The summed E-state index contributed by atoms with van der Waals surface area (Å²) in [5.74, 6) is 2.86. The highest BCUT2D eigenvalue weighted by Crippen LogP contribution is 1.95. The average molecular weight is 240 g/mol. The van der Waals surface area contributed by atoms with Gasteiger partial charge in [0.25, 0.3) is 0 Å². The molecule has 0 heterocycles. The summed E-state index contributed by atoms with van der Waals surface area (Å²) >= 11 is 0. The minimum absolute atomic E-state index is 0.556. The fraction of sp³-hybridized carbons (Fsp3) is 0.846. The lowest BCUT2D eigenvalue weighted by Crippen LogP contribution is -2.29. The smallest absolute Gasteiger partial charge is 0.219 e. The van der Waals surface area contributed by atoms with Crippen LogP contribution in [-0.2, 0) is 0 Å². The van der Waals surface area contributed by atoms with Gasteiger partial charge in [0.2, 0.25) is 5.96 Å². The van der Waals surface area contributed by atoms with Crippen LogP contribution >= 0.6 is 0 Å². The van der Waals surface area contributed by atoms with E-state index in [9.17, 15) is 0 Å². The zero-order valence-corrected chi connectivity index (χ0v) is 12.4. The lowest BCUT2D eigenvalue weighted by Gasteiger charge is -2.14. The molecule has 0 aromatic carbocycles. The van der Waals surface area contributed by atoms with Gasteiger partial charge in [-0.1, -0.05) is 27.7 Å². The molecule has 0 radical (unpaired) electrons. The summed E-state index contributed by atoms with van der Waals surface area (Å²) in [5.41, 5.74) is 0. The molecule has 0 unspecified atom stereocenters. The van der Waals surface area contributed by atoms with E-state index in [0.717, 1.165) is 24.9 Å². The maximum atomic E-state index is 4.51. The molecule has 0 saturated carbocycles. The highest BCUT2D eigenvalue weighted by Gasteiger charge is 2.02. The Morgan fingerprint density at radius 2 is 1.71 bits per heavy atom. The van der Waals surface area contributed by atoms with Gasteiger partial charge in [-0.25, -0.2) is 4.99 Å². The molecule has 17 heavy (non-hydrogen) atoms. The Morgan fingerprint density at radius 3 is 2.12 bits per heavy atom. The first kappa shape index (κ1) is 15.9. The zero-order valence-electron chi connectivity index (χ0n) is 12.4. The molecular weight excluding hydrogens is 212 g/mol. The maximum absolute atomic E-state index is 4.51. The second-order valence-corrected chi connectivity index (χ2v) is 5.39. The van der Waals surface area contributed by atoms with E-state index < -0.39 is 0 Å². The molecular formula is C13H28N4. The fourth-order valence-electron chi connectivity index (χ4n) is 0.949. The van der Waals surface area contributed by atoms with E-state index in [4.69, 9.17) is 0 Å². The molecule has 0 amide bonds. The monoisotopic (exact) mass is 240 g/mol. The number of hydrogen-bond donors (Lipinski definition) is 1. The average Bonchev–Trinajstić information content (AvgIpc) is 2.21. The Morgan fingerprint density at radius 1 is 1.12 bits per heavy atom. The normalized spacial score (nSPS) is 13.5. The number of rotatable bonds is 4. The SMILES string of the molecule is CC(=NC(=NCC(C)C)NCC(C)C)N(C)C. The van der Waals surface area contributed by atoms with Crippen molar-refractivity contribution in [3.8, 4) is 0 Å². The molecule has 0 saturated heterocycles. The van der Waals surface area contributed by atoms with E-state index in [1.165, 1.54) is 0 Å². The second kappa shape index (κ2) is 8.09. The summed E-state index contributed by atoms with van der Waals surface area (Å²) < 4.78 is 0. The summed E-state index contributed by atoms with van der Waals surface area (Å²) in [6.45, 7) is 12.4. The van der Waals surface area contributed by atoms with Crippen molar-refractivity contribution in [1.82, 2.24) is 10.2 Å². The van der Waals surface area contributed by atoms with E-state index in [2.05, 4.69) is 43.0 Å². The topological polar surface area (TPSA) is 40.0 Å². The summed E-state index contributed by atoms with van der Waals surface area (Å²) in [5, 5.41) is 3.30. The number of nitrogens with zero attached hydrogens (tertiary/aromatic N) is 3. The predicted molar refractivity (Wildman–Crippen MR) is 76.8 cm³/mol. The third kappa shape index (κ3) is 8.72. The van der Waals surface area contributed by atoms with Crippen LogP contribution in [0.2, 0.25) is 0 Å². The predicted octanol–water partition coefficient (Wildman–Crippen LogP) is 2.22. The minimum Gasteiger partial charge on any atom is -0.366 e. The fourth-order valence-corrected chi connectivity index (χ4v) is 0.949. The van der Waals surface area contributed by atoms with Crippen molar-refractivity contribution in [2.24, 2.45) is 21.8 Å². The quantitative estimate of drug-likeness (QED) is 0.604. The summed E-state index contributed by atoms with van der Waals surface area (Å²) in [6, 6.07) is 0. The van der Waals surface area contributed by atoms with Gasteiger partial charge in [-0.2, -0.15) is 0 Å². The van der Waals surface area contributed by atoms with Crippen LogP contribution in [0.25, 0.3) is 0 Å². The standard InChI is InChI=1S/C13H28N4/c1-10(2)8-14-13(15-9-11(3)4)16-12(5)17(6)7/h10-11H,8-9H2,1-7H3,(H,14,15). The number of amidine groups is 1. The molecule has 4 heteroatoms. The van der Waals surface area contributed by atoms with E-state index in [1.54, 1.807) is 0 Å². The minimum atomic E-state index is 0.556. The third-order valence-electron chi connectivity index (χ3n) is 2.19. The van der Waals surface area contributed by atoms with Gasteiger partial charge in [0.1, 0.15) is 5.84 Å². The van der Waals surface area contributed by atoms with Gasteiger partial charge in [-0.15, -0.1) is 0 Å². The largest absolute Gasteiger partial charge is 0.366 e. The van der Waals surface area contributed by atoms with E-state index in [1.807, 2.05) is 25.9 Å². The van der Waals surface area contributed by atoms with E-state index in [-0.39, 0.29) is 0 Å². The highest BCUT2D eigenvalue weighted by molar-refractivity contribution is 5.94. The van der Waals surface area contributed by atoms with Gasteiger partial charge in [0.15, 0.2) is 0 Å². The highest BCUT2D eigenvalue weighted by atomic mass is 15.2. The van der Waals surface area contributed by atoms with Crippen molar-refractivity contribution in [3.05, 3.63) is 0 Å². The van der Waals surface area contributed by atoms with Crippen molar-refractivity contribution in [2.75, 3.05) is 27.2 Å². The molecule has 100 valence electrons. The van der Waals surface area contributed by atoms with Crippen molar-refractivity contribution in [2.45, 2.75) is 34.6 Å². The summed E-state index contributed by atoms with van der Waals surface area (Å²) in [7, 11) is 3.97. The van der Waals surface area contributed by atoms with Crippen LogP contribution in [0.1, 0.15) is 34.6 Å². The molecule has 0 aliphatic heterocycles. The van der Waals surface area contributed by atoms with Crippen molar-refractivity contribution in [3.63, 3.8) is 0 Å². The Labute approximate surface area is 106 Å². The second-order valence-electron chi connectivity index (χ2n) is 5.39. The molecule has 0 aliphatic rings. The third-order valence-corrected chi connectivity index (χ3v) is 2.19. The first-order valence-corrected chi connectivity index (χ1v) is 6.33. The molecule has 0 fully saturated rings. The number of nitrogens with one attached hydrogen (secondary N) is 1. The van der Waals surface area contributed by atoms with E-state index >= 15 is 0 Å². The van der Waals surface area contributed by atoms with Gasteiger partial charge in [0, 0.05) is 27.2 Å². The van der Waals surface area contributed by atoms with Crippen LogP contribution in [0.5, 0.6) is 0 Å². The van der Waals surface area contributed by atoms with Gasteiger partial charge < -0.3 is 10.2 Å². The lowest BCUT2D eigenvalue weighted by atomic mass is 10.2. The number of guanidine groups is 1. The van der Waals surface area contributed by atoms with Crippen LogP contribution in [0.15, 0.2) is 9.98 Å². The Kier molecular flexibility index (Phi) is 7.59. The van der Waals surface area contributed by atoms with Gasteiger partial charge in [0.05, 0.1) is 0 Å². The van der Waals surface area contributed by atoms with Crippen LogP contribution < -0.4 is 5.32 Å². The first-order valence-electron chi connectivity index (χ1n) is 6.33. The van der Waals surface area contributed by atoms with E-state index in [0.29, 0.717) is 11.8 Å². The molecule has 0 atom stereocenters. The van der Waals surface area contributed by atoms with Crippen molar-refractivity contribution in [1.29, 1.82) is 0 Å². The van der Waals surface area contributed by atoms with Gasteiger partial charge in [-0.3, -0.25) is 4.99 Å². The maximum Gasteiger partial charge on any atom is 0.219 e. The molecule has 0 aromatic heterocycles. The Hall–Kier alpha value is -1.06. The molecule has 4 nitrogen and oxygen atoms in total. The van der Waals surface area contributed by atoms with Crippen LogP contribution in [0.4, 0.5) is 0 Å². The Balaban J connectivity index is 4.61. The first-order chi connectivity index (χ1) is 7.82. The molecule has 0 spiro atoms. The number of hydrogen-bond acceptors (Lipinski definition) is 1. The van der Waals surface area contributed by atoms with Crippen LogP contribution in [0, 0.1) is 11.8 Å². The molecule has 0 bridgehead atoms. The summed E-state index contributed by atoms with van der Waals surface area (Å²) in [6.07, 6.45) is 0. The van der Waals surface area contributed by atoms with Crippen molar-refractivity contribution < 1.29 is 0 Å². The molecule has 1 N–H and O–H groups in total. The van der Waals surface area contributed by atoms with Crippen LogP contribution in [0.3, 0.4) is 0 Å². The molecule has 0 aliphatic carbocycles. The summed E-state index contributed by atoms with van der Waals surface area (Å²) in [4.78, 5) is 11.0. The Bertz CT molecular complexity index is 265. The van der Waals surface area contributed by atoms with Gasteiger partial charge >= 0.3 is 0 Å². The van der Waals surface area contributed by atoms with Gasteiger partial charge in [-0.05, 0) is 18.8 Å². The molecule has 0 aromatic rings.